The van der Waals surface area contributed by atoms with Gasteiger partial charge in [-0.3, -0.25) is 4.79 Å². The number of ether oxygens (including phenoxy) is 1. The molecular weight excluding hydrogens is 262 g/mol. The van der Waals surface area contributed by atoms with E-state index in [0.717, 1.165) is 18.8 Å². The Hall–Kier alpha value is -0.410. The van der Waals surface area contributed by atoms with Gasteiger partial charge in [0.25, 0.3) is 0 Å². The Kier molecular flexibility index (Phi) is 3.94. The van der Waals surface area contributed by atoms with Crippen molar-refractivity contribution in [3.8, 4) is 0 Å². The van der Waals surface area contributed by atoms with Crippen LogP contribution in [0.15, 0.2) is 0 Å². The predicted octanol–water partition coefficient (Wildman–Crippen LogP) is 3.46. The van der Waals surface area contributed by atoms with Crippen LogP contribution in [0.1, 0.15) is 72.6 Å². The highest BCUT2D eigenvalue weighted by atomic mass is 16.5. The number of nitrogens with one attached hydrogen (secondary N) is 1. The molecule has 3 nitrogen and oxygen atoms in total. The van der Waals surface area contributed by atoms with E-state index in [1.54, 1.807) is 0 Å². The van der Waals surface area contributed by atoms with Crippen LogP contribution in [0.25, 0.3) is 0 Å². The van der Waals surface area contributed by atoms with Crippen molar-refractivity contribution < 1.29 is 9.53 Å². The molecule has 120 valence electrons. The molecule has 3 rings (SSSR count). The maximum absolute atomic E-state index is 13.0. The van der Waals surface area contributed by atoms with Gasteiger partial charge in [0.2, 0.25) is 0 Å². The van der Waals surface area contributed by atoms with Gasteiger partial charge in [0.1, 0.15) is 0 Å². The minimum absolute atomic E-state index is 0.0325. The molecule has 0 aromatic heterocycles. The summed E-state index contributed by atoms with van der Waals surface area (Å²) in [6.45, 7) is 8.37. The van der Waals surface area contributed by atoms with E-state index in [4.69, 9.17) is 4.74 Å². The van der Waals surface area contributed by atoms with E-state index >= 15 is 0 Å². The van der Waals surface area contributed by atoms with Crippen LogP contribution in [0, 0.1) is 11.8 Å². The third-order valence-corrected chi connectivity index (χ3v) is 5.91. The second-order valence-corrected chi connectivity index (χ2v) is 8.57. The van der Waals surface area contributed by atoms with E-state index in [9.17, 15) is 4.79 Å². The van der Waals surface area contributed by atoms with Crippen LogP contribution in [0.3, 0.4) is 0 Å². The number of hydrogen-bond donors (Lipinski definition) is 1. The van der Waals surface area contributed by atoms with Gasteiger partial charge in [-0.1, -0.05) is 12.8 Å². The summed E-state index contributed by atoms with van der Waals surface area (Å²) in [5.41, 5.74) is -0.502. The lowest BCUT2D eigenvalue weighted by Gasteiger charge is -2.41. The third kappa shape index (κ3) is 3.05. The average molecular weight is 293 g/mol. The molecule has 0 spiro atoms. The summed E-state index contributed by atoms with van der Waals surface area (Å²) < 4.78 is 6.12. The van der Waals surface area contributed by atoms with Crippen molar-refractivity contribution in [1.29, 1.82) is 0 Å². The van der Waals surface area contributed by atoms with Gasteiger partial charge < -0.3 is 10.1 Å². The highest BCUT2D eigenvalue weighted by molar-refractivity contribution is 5.87. The molecule has 1 N–H and O–H groups in total. The van der Waals surface area contributed by atoms with Crippen molar-refractivity contribution in [3.63, 3.8) is 0 Å². The van der Waals surface area contributed by atoms with E-state index in [1.807, 2.05) is 0 Å². The van der Waals surface area contributed by atoms with Gasteiger partial charge in [0, 0.05) is 6.04 Å². The normalized spacial score (nSPS) is 41.5. The van der Waals surface area contributed by atoms with Crippen molar-refractivity contribution in [2.45, 2.75) is 95.9 Å². The SMILES string of the molecule is CC1(C)CC(C(=O)C2CCC3CCCCC3N2)C(C)(C)O1. The number of carbonyl (C=O) groups excluding carboxylic acids is 1. The standard InChI is InChI=1S/C18H31NO2/c1-17(2)11-13(18(3,4)21-17)16(20)15-10-9-12-7-5-6-8-14(12)19-15/h12-15,19H,5-11H2,1-4H3. The largest absolute Gasteiger partial charge is 0.369 e. The maximum atomic E-state index is 13.0. The summed E-state index contributed by atoms with van der Waals surface area (Å²) in [6, 6.07) is 0.644. The summed E-state index contributed by atoms with van der Waals surface area (Å²) in [4.78, 5) is 13.0. The highest BCUT2D eigenvalue weighted by Gasteiger charge is 2.51. The molecule has 4 atom stereocenters. The number of Topliss-reactive ketones (excluding diaryl/α,β-unsaturated/α-hetero) is 1. The first-order chi connectivity index (χ1) is 9.78. The molecule has 2 heterocycles. The minimum Gasteiger partial charge on any atom is -0.369 e. The van der Waals surface area contributed by atoms with E-state index < -0.39 is 0 Å². The first-order valence-electron chi connectivity index (χ1n) is 8.78. The lowest BCUT2D eigenvalue weighted by molar-refractivity contribution is -0.132. The fraction of sp³-hybridized carbons (Fsp3) is 0.944. The predicted molar refractivity (Wildman–Crippen MR) is 84.3 cm³/mol. The summed E-state index contributed by atoms with van der Waals surface area (Å²) in [5.74, 6) is 1.24. The summed E-state index contributed by atoms with van der Waals surface area (Å²) in [7, 11) is 0. The number of ketones is 1. The molecular formula is C18H31NO2. The molecule has 0 aromatic rings. The summed E-state index contributed by atoms with van der Waals surface area (Å²) in [5, 5.41) is 3.69. The van der Waals surface area contributed by atoms with Gasteiger partial charge in [-0.05, 0) is 65.7 Å². The molecule has 2 saturated heterocycles. The van der Waals surface area contributed by atoms with Crippen LogP contribution in [0.4, 0.5) is 0 Å². The molecule has 0 radical (unpaired) electrons. The first kappa shape index (κ1) is 15.5. The van der Waals surface area contributed by atoms with Crippen molar-refractivity contribution >= 4 is 5.78 Å². The molecule has 0 aromatic carbocycles. The summed E-state index contributed by atoms with van der Waals surface area (Å²) in [6.07, 6.45) is 8.40. The van der Waals surface area contributed by atoms with E-state index in [0.29, 0.717) is 11.8 Å². The number of piperidine rings is 1. The Morgan fingerprint density at radius 3 is 2.43 bits per heavy atom. The Labute approximate surface area is 129 Å². The quantitative estimate of drug-likeness (QED) is 0.847. The van der Waals surface area contributed by atoms with Crippen molar-refractivity contribution in [1.82, 2.24) is 5.32 Å². The van der Waals surface area contributed by atoms with Gasteiger partial charge in [-0.2, -0.15) is 0 Å². The zero-order valence-corrected chi connectivity index (χ0v) is 14.1. The third-order valence-electron chi connectivity index (χ3n) is 5.91. The smallest absolute Gasteiger partial charge is 0.155 e. The second-order valence-electron chi connectivity index (χ2n) is 8.57. The fourth-order valence-corrected chi connectivity index (χ4v) is 4.97. The number of hydrogen-bond acceptors (Lipinski definition) is 3. The molecule has 21 heavy (non-hydrogen) atoms. The zero-order valence-electron chi connectivity index (χ0n) is 14.1. The van der Waals surface area contributed by atoms with E-state index in [-0.39, 0.29) is 23.2 Å². The van der Waals surface area contributed by atoms with Crippen LogP contribution in [-0.2, 0) is 9.53 Å². The zero-order chi connectivity index (χ0) is 15.3. The van der Waals surface area contributed by atoms with E-state index in [2.05, 4.69) is 33.0 Å². The van der Waals surface area contributed by atoms with Gasteiger partial charge in [0.05, 0.1) is 23.2 Å². The summed E-state index contributed by atoms with van der Waals surface area (Å²) >= 11 is 0. The number of rotatable bonds is 2. The van der Waals surface area contributed by atoms with Crippen LogP contribution in [-0.4, -0.2) is 29.1 Å². The van der Waals surface area contributed by atoms with Crippen molar-refractivity contribution in [2.75, 3.05) is 0 Å². The van der Waals surface area contributed by atoms with Gasteiger partial charge in [0.15, 0.2) is 5.78 Å². The molecule has 4 unspecified atom stereocenters. The molecule has 1 saturated carbocycles. The van der Waals surface area contributed by atoms with Gasteiger partial charge in [-0.15, -0.1) is 0 Å². The number of fused-ring (bicyclic) bond motifs is 1. The maximum Gasteiger partial charge on any atom is 0.155 e. The number of carbonyl (C=O) groups is 1. The molecule has 0 amide bonds. The lowest BCUT2D eigenvalue weighted by Crippen LogP contribution is -2.54. The lowest BCUT2D eigenvalue weighted by atomic mass is 9.74. The van der Waals surface area contributed by atoms with Gasteiger partial charge >= 0.3 is 0 Å². The molecule has 1 aliphatic carbocycles. The topological polar surface area (TPSA) is 38.3 Å². The Bertz CT molecular complexity index is 415. The first-order valence-corrected chi connectivity index (χ1v) is 8.78. The second kappa shape index (κ2) is 5.34. The molecule has 3 fully saturated rings. The Morgan fingerprint density at radius 2 is 1.76 bits per heavy atom. The Morgan fingerprint density at radius 1 is 1.05 bits per heavy atom. The molecule has 2 aliphatic heterocycles. The monoisotopic (exact) mass is 293 g/mol. The minimum atomic E-state index is -0.328. The van der Waals surface area contributed by atoms with Crippen LogP contribution >= 0.6 is 0 Å². The molecule has 0 bridgehead atoms. The van der Waals surface area contributed by atoms with Crippen molar-refractivity contribution in [3.05, 3.63) is 0 Å². The van der Waals surface area contributed by atoms with Crippen molar-refractivity contribution in [2.24, 2.45) is 11.8 Å². The fourth-order valence-electron chi connectivity index (χ4n) is 4.97. The van der Waals surface area contributed by atoms with Crippen LogP contribution in [0.2, 0.25) is 0 Å². The highest BCUT2D eigenvalue weighted by Crippen LogP contribution is 2.43. The molecule has 3 heteroatoms. The van der Waals surface area contributed by atoms with E-state index in [1.165, 1.54) is 32.1 Å². The average Bonchev–Trinajstić information content (AvgIpc) is 2.65. The Balaban J connectivity index is 1.68. The molecule has 3 aliphatic rings. The van der Waals surface area contributed by atoms with Gasteiger partial charge in [-0.25, -0.2) is 0 Å². The van der Waals surface area contributed by atoms with Crippen LogP contribution in [0.5, 0.6) is 0 Å². The van der Waals surface area contributed by atoms with Crippen LogP contribution < -0.4 is 5.32 Å².